The first kappa shape index (κ1) is 22.6. The van der Waals surface area contributed by atoms with Crippen molar-refractivity contribution < 1.29 is 9.53 Å². The Morgan fingerprint density at radius 3 is 2.53 bits per heavy atom. The molecule has 0 radical (unpaired) electrons. The van der Waals surface area contributed by atoms with Gasteiger partial charge in [-0.1, -0.05) is 30.3 Å². The van der Waals surface area contributed by atoms with Gasteiger partial charge in [-0.3, -0.25) is 4.79 Å². The first-order valence-electron chi connectivity index (χ1n) is 11.3. The van der Waals surface area contributed by atoms with Gasteiger partial charge >= 0.3 is 0 Å². The Hall–Kier alpha value is -2.12. The topological polar surface area (TPSA) is 78.0 Å². The van der Waals surface area contributed by atoms with E-state index in [0.717, 1.165) is 65.1 Å². The molecule has 1 atom stereocenters. The third-order valence-electron chi connectivity index (χ3n) is 6.04. The number of guanidine groups is 1. The molecule has 7 heteroatoms. The second-order valence-corrected chi connectivity index (χ2v) is 8.31. The van der Waals surface area contributed by atoms with Crippen molar-refractivity contribution in [1.82, 2.24) is 20.9 Å². The van der Waals surface area contributed by atoms with Crippen LogP contribution in [0.1, 0.15) is 51.1 Å². The van der Waals surface area contributed by atoms with Gasteiger partial charge in [-0.25, -0.2) is 4.99 Å². The van der Waals surface area contributed by atoms with Crippen molar-refractivity contribution in [2.45, 2.75) is 51.1 Å². The molecule has 1 unspecified atom stereocenters. The van der Waals surface area contributed by atoms with E-state index in [-0.39, 0.29) is 24.0 Å². The zero-order valence-corrected chi connectivity index (χ0v) is 18.5. The van der Waals surface area contributed by atoms with Gasteiger partial charge in [-0.05, 0) is 45.1 Å². The summed E-state index contributed by atoms with van der Waals surface area (Å²) in [4.78, 5) is 18.8. The number of hydrogen-bond acceptors (Lipinski definition) is 4. The maximum Gasteiger partial charge on any atom is 0.244 e. The fourth-order valence-electron chi connectivity index (χ4n) is 4.23. The molecule has 0 aliphatic carbocycles. The molecule has 2 fully saturated rings. The van der Waals surface area contributed by atoms with Crippen LogP contribution in [0.2, 0.25) is 0 Å². The smallest absolute Gasteiger partial charge is 0.244 e. The summed E-state index contributed by atoms with van der Waals surface area (Å²) in [5.41, 5.74) is 1.20. The molecule has 2 aliphatic heterocycles. The highest BCUT2D eigenvalue weighted by Crippen LogP contribution is 2.25. The molecule has 0 saturated carbocycles. The number of carbonyl (C=O) groups is 1. The lowest BCUT2D eigenvalue weighted by molar-refractivity contribution is -0.128. The van der Waals surface area contributed by atoms with E-state index >= 15 is 0 Å². The zero-order valence-electron chi connectivity index (χ0n) is 18.5. The lowest BCUT2D eigenvalue weighted by Gasteiger charge is -2.41. The number of nitrogens with zero attached hydrogens (tertiary/aromatic N) is 2. The van der Waals surface area contributed by atoms with Gasteiger partial charge in [-0.15, -0.1) is 0 Å². The highest BCUT2D eigenvalue weighted by molar-refractivity contribution is 5.85. The molecular weight excluding hydrogens is 378 g/mol. The van der Waals surface area contributed by atoms with Crippen molar-refractivity contribution in [2.24, 2.45) is 4.99 Å². The number of benzene rings is 1. The molecular formula is C23H37N5O2. The maximum atomic E-state index is 12.4. The molecule has 30 heavy (non-hydrogen) atoms. The molecule has 2 aliphatic rings. The van der Waals surface area contributed by atoms with E-state index in [2.05, 4.69) is 52.1 Å². The maximum absolute atomic E-state index is 12.4. The predicted octanol–water partition coefficient (Wildman–Crippen LogP) is 2.06. The SMILES string of the molecule is CCNC(=NCC(=O)N1CCCC1)NCC1(NC(C)c2ccccc2)CCOCC1. The summed E-state index contributed by atoms with van der Waals surface area (Å²) >= 11 is 0. The van der Waals surface area contributed by atoms with Gasteiger partial charge < -0.3 is 25.6 Å². The minimum Gasteiger partial charge on any atom is -0.381 e. The van der Waals surface area contributed by atoms with Crippen molar-refractivity contribution in [3.05, 3.63) is 35.9 Å². The van der Waals surface area contributed by atoms with E-state index in [1.165, 1.54) is 5.56 Å². The molecule has 3 rings (SSSR count). The molecule has 1 aromatic rings. The van der Waals surface area contributed by atoms with Crippen LogP contribution in [0.5, 0.6) is 0 Å². The molecule has 3 N–H and O–H groups in total. The monoisotopic (exact) mass is 415 g/mol. The quantitative estimate of drug-likeness (QED) is 0.448. The average Bonchev–Trinajstić information content (AvgIpc) is 3.32. The van der Waals surface area contributed by atoms with Crippen LogP contribution in [0.4, 0.5) is 0 Å². The second kappa shape index (κ2) is 11.3. The van der Waals surface area contributed by atoms with Crippen LogP contribution in [0.15, 0.2) is 35.3 Å². The predicted molar refractivity (Wildman–Crippen MR) is 121 cm³/mol. The molecule has 1 amide bonds. The Kier molecular flexibility index (Phi) is 8.51. The van der Waals surface area contributed by atoms with E-state index < -0.39 is 0 Å². The molecule has 7 nitrogen and oxygen atoms in total. The van der Waals surface area contributed by atoms with Crippen molar-refractivity contribution in [3.8, 4) is 0 Å². The molecule has 1 aromatic carbocycles. The third kappa shape index (κ3) is 6.44. The number of ether oxygens (including phenoxy) is 1. The molecule has 166 valence electrons. The number of carbonyl (C=O) groups excluding carboxylic acids is 1. The van der Waals surface area contributed by atoms with Gasteiger partial charge in [0.2, 0.25) is 5.91 Å². The molecule has 2 saturated heterocycles. The standard InChI is InChI=1S/C23H37N5O2/c1-3-24-22(25-17-21(29)28-13-7-8-14-28)26-18-23(11-15-30-16-12-23)27-19(2)20-9-5-4-6-10-20/h4-6,9-10,19,27H,3,7-8,11-18H2,1-2H3,(H2,24,25,26). The van der Waals surface area contributed by atoms with Gasteiger partial charge in [0.25, 0.3) is 0 Å². The van der Waals surface area contributed by atoms with E-state index in [0.29, 0.717) is 5.96 Å². The normalized spacial score (nSPS) is 20.1. The van der Waals surface area contributed by atoms with Crippen LogP contribution >= 0.6 is 0 Å². The summed E-state index contributed by atoms with van der Waals surface area (Å²) in [6.45, 7) is 9.16. The molecule has 0 aromatic heterocycles. The van der Waals surface area contributed by atoms with E-state index in [4.69, 9.17) is 4.74 Å². The van der Waals surface area contributed by atoms with Gasteiger partial charge in [0, 0.05) is 51.0 Å². The number of hydrogen-bond donors (Lipinski definition) is 3. The Morgan fingerprint density at radius 2 is 1.87 bits per heavy atom. The van der Waals surface area contributed by atoms with Crippen LogP contribution in [0.3, 0.4) is 0 Å². The first-order chi connectivity index (χ1) is 14.6. The van der Waals surface area contributed by atoms with Gasteiger partial charge in [-0.2, -0.15) is 0 Å². The second-order valence-electron chi connectivity index (χ2n) is 8.31. The number of rotatable bonds is 8. The highest BCUT2D eigenvalue weighted by Gasteiger charge is 2.34. The van der Waals surface area contributed by atoms with Gasteiger partial charge in [0.05, 0.1) is 0 Å². The fourth-order valence-corrected chi connectivity index (χ4v) is 4.23. The first-order valence-corrected chi connectivity index (χ1v) is 11.3. The number of aliphatic imine (C=N–C) groups is 1. The minimum atomic E-state index is -0.0807. The van der Waals surface area contributed by atoms with Crippen LogP contribution in [0, 0.1) is 0 Å². The van der Waals surface area contributed by atoms with Crippen molar-refractivity contribution in [3.63, 3.8) is 0 Å². The number of amides is 1. The summed E-state index contributed by atoms with van der Waals surface area (Å²) < 4.78 is 5.64. The lowest BCUT2D eigenvalue weighted by atomic mass is 9.88. The molecule has 0 bridgehead atoms. The van der Waals surface area contributed by atoms with Crippen LogP contribution in [0.25, 0.3) is 0 Å². The largest absolute Gasteiger partial charge is 0.381 e. The van der Waals surface area contributed by atoms with Crippen molar-refractivity contribution in [1.29, 1.82) is 0 Å². The number of likely N-dealkylation sites (tertiary alicyclic amines) is 1. The zero-order chi connectivity index (χ0) is 21.2. The molecule has 0 spiro atoms. The Labute approximate surface area is 180 Å². The minimum absolute atomic E-state index is 0.0807. The summed E-state index contributed by atoms with van der Waals surface area (Å²) in [5.74, 6) is 0.811. The van der Waals surface area contributed by atoms with Gasteiger partial charge in [0.15, 0.2) is 5.96 Å². The fraction of sp³-hybridized carbons (Fsp3) is 0.652. The Bertz CT molecular complexity index is 682. The molecule has 2 heterocycles. The van der Waals surface area contributed by atoms with Crippen molar-refractivity contribution >= 4 is 11.9 Å². The van der Waals surface area contributed by atoms with Crippen LogP contribution in [-0.2, 0) is 9.53 Å². The Balaban J connectivity index is 1.62. The third-order valence-corrected chi connectivity index (χ3v) is 6.04. The van der Waals surface area contributed by atoms with Crippen molar-refractivity contribution in [2.75, 3.05) is 45.9 Å². The number of nitrogens with one attached hydrogen (secondary N) is 3. The highest BCUT2D eigenvalue weighted by atomic mass is 16.5. The van der Waals surface area contributed by atoms with Gasteiger partial charge in [0.1, 0.15) is 6.54 Å². The van der Waals surface area contributed by atoms with E-state index in [1.54, 1.807) is 0 Å². The van der Waals surface area contributed by atoms with Crippen LogP contribution in [-0.4, -0.2) is 68.2 Å². The summed E-state index contributed by atoms with van der Waals surface area (Å²) in [7, 11) is 0. The average molecular weight is 416 g/mol. The summed E-state index contributed by atoms with van der Waals surface area (Å²) in [6, 6.07) is 10.8. The van der Waals surface area contributed by atoms with E-state index in [1.807, 2.05) is 17.9 Å². The lowest BCUT2D eigenvalue weighted by Crippen LogP contribution is -2.58. The van der Waals surface area contributed by atoms with Crippen LogP contribution < -0.4 is 16.0 Å². The summed E-state index contributed by atoms with van der Waals surface area (Å²) in [6.07, 6.45) is 4.07. The summed E-state index contributed by atoms with van der Waals surface area (Å²) in [5, 5.41) is 10.6. The van der Waals surface area contributed by atoms with E-state index in [9.17, 15) is 4.79 Å². The Morgan fingerprint density at radius 1 is 1.17 bits per heavy atom.